The third-order valence-electron chi connectivity index (χ3n) is 5.21. The highest BCUT2D eigenvalue weighted by Gasteiger charge is 2.28. The molecule has 0 spiro atoms. The van der Waals surface area contributed by atoms with Crippen molar-refractivity contribution >= 4 is 34.3 Å². The van der Waals surface area contributed by atoms with Crippen molar-refractivity contribution in [3.8, 4) is 17.0 Å². The zero-order valence-electron chi connectivity index (χ0n) is 18.3. The number of pyridine rings is 1. The molecule has 0 amide bonds. The second kappa shape index (κ2) is 9.52. The van der Waals surface area contributed by atoms with Crippen molar-refractivity contribution in [2.45, 2.75) is 13.5 Å². The summed E-state index contributed by atoms with van der Waals surface area (Å²) in [5, 5.41) is 0. The molecule has 0 unspecified atom stereocenters. The first kappa shape index (κ1) is 22.6. The number of fused-ring (bicyclic) bond motifs is 1. The van der Waals surface area contributed by atoms with Gasteiger partial charge in [0.1, 0.15) is 6.54 Å². The molecular formula is C25H22ClN4O2S+. The normalized spacial score (nSPS) is 11.5. The summed E-state index contributed by atoms with van der Waals surface area (Å²) in [4.78, 5) is 23.1. The van der Waals surface area contributed by atoms with E-state index in [0.717, 1.165) is 21.7 Å². The van der Waals surface area contributed by atoms with Crippen LogP contribution in [0.3, 0.4) is 0 Å². The first-order valence-electron chi connectivity index (χ1n) is 10.1. The maximum Gasteiger partial charge on any atom is 0.354 e. The maximum absolute atomic E-state index is 13.7. The van der Waals surface area contributed by atoms with Gasteiger partial charge in [0, 0.05) is 23.5 Å². The molecule has 0 saturated carbocycles. The standard InChI is InChI=1S/C25H22ClN4O2S/c1-5-20(27-6-2)17-10-7-11-18(13-17)21-23(31)29-12-8-9-16(3)22(29)30(24(21)32-4)15-19-14-28-25(26)33-19/h5-14H,1-2,15H2,3-4H3/q+1. The maximum atomic E-state index is 13.7. The van der Waals surface area contributed by atoms with E-state index in [1.165, 1.54) is 17.5 Å². The van der Waals surface area contributed by atoms with Crippen LogP contribution >= 0.6 is 22.9 Å². The van der Waals surface area contributed by atoms with Gasteiger partial charge in [-0.15, -0.1) is 11.3 Å². The largest absolute Gasteiger partial charge is 0.465 e. The number of rotatable bonds is 7. The van der Waals surface area contributed by atoms with Crippen LogP contribution in [0.5, 0.6) is 5.88 Å². The average Bonchev–Trinajstić information content (AvgIpc) is 3.23. The highest BCUT2D eigenvalue weighted by atomic mass is 35.5. The minimum atomic E-state index is -0.179. The summed E-state index contributed by atoms with van der Waals surface area (Å²) in [6.45, 7) is 9.91. The Bertz CT molecular complexity index is 1470. The summed E-state index contributed by atoms with van der Waals surface area (Å²) in [6.07, 6.45) is 6.62. The molecule has 166 valence electrons. The van der Waals surface area contributed by atoms with Gasteiger partial charge in [0.05, 0.1) is 23.9 Å². The van der Waals surface area contributed by atoms with Crippen LogP contribution in [0, 0.1) is 6.92 Å². The summed E-state index contributed by atoms with van der Waals surface area (Å²) in [5.74, 6) is 0.455. The van der Waals surface area contributed by atoms with E-state index in [1.54, 1.807) is 30.0 Å². The monoisotopic (exact) mass is 477 g/mol. The Balaban J connectivity index is 2.05. The molecule has 0 atom stereocenters. The minimum Gasteiger partial charge on any atom is -0.465 e. The number of hydrogen-bond donors (Lipinski definition) is 0. The molecule has 4 aromatic rings. The number of benzene rings is 1. The molecule has 8 heteroatoms. The van der Waals surface area contributed by atoms with E-state index in [4.69, 9.17) is 16.3 Å². The number of aromatic nitrogens is 3. The van der Waals surface area contributed by atoms with Gasteiger partial charge >= 0.3 is 11.4 Å². The van der Waals surface area contributed by atoms with Gasteiger partial charge in [-0.1, -0.05) is 43.0 Å². The van der Waals surface area contributed by atoms with E-state index in [-0.39, 0.29) is 5.56 Å². The molecule has 0 aliphatic heterocycles. The van der Waals surface area contributed by atoms with Crippen LogP contribution in [-0.4, -0.2) is 22.2 Å². The molecule has 0 bridgehead atoms. The molecule has 3 aromatic heterocycles. The predicted molar refractivity (Wildman–Crippen MR) is 134 cm³/mol. The third kappa shape index (κ3) is 4.25. The van der Waals surface area contributed by atoms with Crippen LogP contribution < -0.4 is 14.9 Å². The van der Waals surface area contributed by atoms with Crippen LogP contribution in [0.2, 0.25) is 4.47 Å². The number of hydrogen-bond acceptors (Lipinski definition) is 5. The van der Waals surface area contributed by atoms with E-state index in [0.29, 0.717) is 33.7 Å². The number of halogens is 1. The summed E-state index contributed by atoms with van der Waals surface area (Å²) in [6, 6.07) is 11.4. The third-order valence-corrected chi connectivity index (χ3v) is 6.31. The molecule has 0 radical (unpaired) electrons. The van der Waals surface area contributed by atoms with Gasteiger partial charge < -0.3 is 4.74 Å². The van der Waals surface area contributed by atoms with E-state index in [9.17, 15) is 4.79 Å². The van der Waals surface area contributed by atoms with Crippen LogP contribution in [0.4, 0.5) is 0 Å². The smallest absolute Gasteiger partial charge is 0.354 e. The van der Waals surface area contributed by atoms with Gasteiger partial charge in [-0.3, -0.25) is 4.99 Å². The second-order valence-corrected chi connectivity index (χ2v) is 8.92. The Kier molecular flexibility index (Phi) is 6.53. The van der Waals surface area contributed by atoms with Crippen molar-refractivity contribution in [3.63, 3.8) is 0 Å². The highest BCUT2D eigenvalue weighted by Crippen LogP contribution is 2.27. The summed E-state index contributed by atoms with van der Waals surface area (Å²) < 4.78 is 9.95. The summed E-state index contributed by atoms with van der Waals surface area (Å²) in [7, 11) is 1.57. The Morgan fingerprint density at radius 1 is 1.33 bits per heavy atom. The number of methoxy groups -OCH3 is 1. The molecule has 33 heavy (non-hydrogen) atoms. The lowest BCUT2D eigenvalue weighted by atomic mass is 10.0. The lowest BCUT2D eigenvalue weighted by molar-refractivity contribution is -0.670. The topological polar surface area (TPSA) is 59.8 Å². The van der Waals surface area contributed by atoms with Crippen LogP contribution in [0.15, 0.2) is 84.0 Å². The summed E-state index contributed by atoms with van der Waals surface area (Å²) in [5.41, 5.74) is 4.13. The number of allylic oxidation sites excluding steroid dienone is 1. The molecule has 4 rings (SSSR count). The van der Waals surface area contributed by atoms with Gasteiger partial charge in [0.25, 0.3) is 5.65 Å². The lowest BCUT2D eigenvalue weighted by Crippen LogP contribution is -2.43. The SMILES string of the molecule is C=CN=C(C=C)c1cccc(-c2c(OC)[n+](Cc3cnc(Cl)s3)c3c(C)cccn3c2=O)c1. The average molecular weight is 478 g/mol. The zero-order chi connectivity index (χ0) is 23.5. The van der Waals surface area contributed by atoms with Crippen LogP contribution in [0.25, 0.3) is 16.8 Å². The molecule has 0 aliphatic carbocycles. The zero-order valence-corrected chi connectivity index (χ0v) is 19.9. The highest BCUT2D eigenvalue weighted by molar-refractivity contribution is 7.15. The number of nitrogens with zero attached hydrogens (tertiary/aromatic N) is 4. The molecule has 3 heterocycles. The Morgan fingerprint density at radius 3 is 2.82 bits per heavy atom. The van der Waals surface area contributed by atoms with E-state index in [2.05, 4.69) is 23.1 Å². The fraction of sp³-hybridized carbons (Fsp3) is 0.120. The number of ether oxygens (including phenoxy) is 1. The fourth-order valence-corrected chi connectivity index (χ4v) is 4.82. The van der Waals surface area contributed by atoms with Gasteiger partial charge in [0.15, 0.2) is 10.0 Å². The Morgan fingerprint density at radius 2 is 2.15 bits per heavy atom. The van der Waals surface area contributed by atoms with Crippen LogP contribution in [0.1, 0.15) is 16.0 Å². The first-order chi connectivity index (χ1) is 16.0. The number of thiazole rings is 1. The second-order valence-electron chi connectivity index (χ2n) is 7.22. The molecule has 0 saturated heterocycles. The fourth-order valence-electron chi connectivity index (χ4n) is 3.85. The van der Waals surface area contributed by atoms with Crippen molar-refractivity contribution in [2.75, 3.05) is 7.11 Å². The summed E-state index contributed by atoms with van der Waals surface area (Å²) >= 11 is 7.47. The molecule has 1 aromatic carbocycles. The van der Waals surface area contributed by atoms with E-state index < -0.39 is 0 Å². The molecule has 0 fully saturated rings. The first-order valence-corrected chi connectivity index (χ1v) is 11.3. The Labute approximate surface area is 200 Å². The molecule has 6 nitrogen and oxygen atoms in total. The Hall–Kier alpha value is -3.55. The van der Waals surface area contributed by atoms with Gasteiger partial charge in [-0.2, -0.15) is 8.97 Å². The van der Waals surface area contributed by atoms with Crippen molar-refractivity contribution < 1.29 is 9.30 Å². The molecule has 0 aliphatic rings. The number of aliphatic imine (C=N–C) groups is 1. The minimum absolute atomic E-state index is 0.179. The lowest BCUT2D eigenvalue weighted by Gasteiger charge is -2.14. The van der Waals surface area contributed by atoms with Crippen molar-refractivity contribution in [3.05, 3.63) is 105 Å². The predicted octanol–water partition coefficient (Wildman–Crippen LogP) is 4.85. The quantitative estimate of drug-likeness (QED) is 0.282. The molecule has 0 N–H and O–H groups in total. The van der Waals surface area contributed by atoms with E-state index >= 15 is 0 Å². The van der Waals surface area contributed by atoms with Crippen LogP contribution in [-0.2, 0) is 6.54 Å². The van der Waals surface area contributed by atoms with Crippen molar-refractivity contribution in [1.82, 2.24) is 9.38 Å². The van der Waals surface area contributed by atoms with Gasteiger partial charge in [-0.25, -0.2) is 9.78 Å². The van der Waals surface area contributed by atoms with Crippen molar-refractivity contribution in [2.24, 2.45) is 4.99 Å². The van der Waals surface area contributed by atoms with Gasteiger partial charge in [-0.05, 0) is 36.8 Å². The van der Waals surface area contributed by atoms with Gasteiger partial charge in [0.2, 0.25) is 0 Å². The van der Waals surface area contributed by atoms with E-state index in [1.807, 2.05) is 47.9 Å². The van der Waals surface area contributed by atoms with Crippen molar-refractivity contribution in [1.29, 1.82) is 0 Å². The molecular weight excluding hydrogens is 456 g/mol. The number of aryl methyl sites for hydroxylation is 1.